The fraction of sp³-hybridized carbons (Fsp3) is 0.917. The molecule has 86 valence electrons. The third-order valence-corrected chi connectivity index (χ3v) is 3.17. The molecule has 0 atom stereocenters. The summed E-state index contributed by atoms with van der Waals surface area (Å²) in [4.78, 5) is 4.93. The van der Waals surface area contributed by atoms with Crippen molar-refractivity contribution in [2.24, 2.45) is 0 Å². The summed E-state index contributed by atoms with van der Waals surface area (Å²) in [5, 5.41) is 8.60. The molecule has 0 spiro atoms. The molecule has 0 aromatic carbocycles. The lowest BCUT2D eigenvalue weighted by molar-refractivity contribution is 0.210. The molecule has 3 heteroatoms. The summed E-state index contributed by atoms with van der Waals surface area (Å²) in [6, 6.07) is 3.03. The summed E-state index contributed by atoms with van der Waals surface area (Å²) in [6.07, 6.45) is 3.35. The summed E-state index contributed by atoms with van der Waals surface area (Å²) >= 11 is 0. The first-order valence-electron chi connectivity index (χ1n) is 6.15. The van der Waals surface area contributed by atoms with Gasteiger partial charge in [0, 0.05) is 32.1 Å². The zero-order chi connectivity index (χ0) is 11.1. The van der Waals surface area contributed by atoms with Gasteiger partial charge < -0.3 is 4.90 Å². The van der Waals surface area contributed by atoms with Crippen molar-refractivity contribution in [1.29, 1.82) is 5.26 Å². The third kappa shape index (κ3) is 4.63. The minimum atomic E-state index is 0.675. The van der Waals surface area contributed by atoms with Crippen molar-refractivity contribution in [3.8, 4) is 6.07 Å². The van der Waals surface area contributed by atoms with Crippen LogP contribution < -0.4 is 0 Å². The molecule has 3 nitrogen and oxygen atoms in total. The summed E-state index contributed by atoms with van der Waals surface area (Å²) in [6.45, 7) is 9.92. The van der Waals surface area contributed by atoms with Crippen LogP contribution in [0.2, 0.25) is 0 Å². The van der Waals surface area contributed by atoms with Crippen molar-refractivity contribution in [2.75, 3.05) is 32.7 Å². The maximum absolute atomic E-state index is 8.60. The molecule has 0 bridgehead atoms. The van der Waals surface area contributed by atoms with E-state index in [1.165, 1.54) is 12.8 Å². The molecule has 0 radical (unpaired) electrons. The van der Waals surface area contributed by atoms with Crippen molar-refractivity contribution in [2.45, 2.75) is 39.2 Å². The molecule has 0 saturated heterocycles. The van der Waals surface area contributed by atoms with Gasteiger partial charge in [-0.1, -0.05) is 13.8 Å². The molecule has 0 aromatic heterocycles. The Morgan fingerprint density at radius 3 is 2.27 bits per heavy atom. The lowest BCUT2D eigenvalue weighted by atomic mass is 10.3. The van der Waals surface area contributed by atoms with E-state index in [1.807, 2.05) is 0 Å². The average Bonchev–Trinajstić information content (AvgIpc) is 3.07. The topological polar surface area (TPSA) is 30.3 Å². The fourth-order valence-corrected chi connectivity index (χ4v) is 1.92. The van der Waals surface area contributed by atoms with Gasteiger partial charge in [0.25, 0.3) is 0 Å². The molecule has 0 unspecified atom stereocenters. The van der Waals surface area contributed by atoms with E-state index in [4.69, 9.17) is 5.26 Å². The second-order valence-electron chi connectivity index (χ2n) is 4.20. The molecular weight excluding hydrogens is 186 g/mol. The Hall–Kier alpha value is -0.590. The predicted octanol–water partition coefficient (Wildman–Crippen LogP) is 1.71. The Labute approximate surface area is 93.7 Å². The molecule has 15 heavy (non-hydrogen) atoms. The molecule has 0 heterocycles. The lowest BCUT2D eigenvalue weighted by Crippen LogP contribution is -2.36. The number of nitrogens with zero attached hydrogens (tertiary/aromatic N) is 3. The first-order chi connectivity index (χ1) is 7.31. The first-order valence-corrected chi connectivity index (χ1v) is 6.15. The van der Waals surface area contributed by atoms with Crippen LogP contribution in [0.3, 0.4) is 0 Å². The van der Waals surface area contributed by atoms with E-state index in [0.717, 1.165) is 38.8 Å². The van der Waals surface area contributed by atoms with Gasteiger partial charge in [0.1, 0.15) is 0 Å². The summed E-state index contributed by atoms with van der Waals surface area (Å²) in [7, 11) is 0. The number of nitriles is 1. The number of likely N-dealkylation sites (N-methyl/N-ethyl adjacent to an activating group) is 1. The van der Waals surface area contributed by atoms with E-state index in [2.05, 4.69) is 29.7 Å². The fourth-order valence-electron chi connectivity index (χ4n) is 1.92. The predicted molar refractivity (Wildman–Crippen MR) is 62.6 cm³/mol. The Morgan fingerprint density at radius 1 is 1.13 bits per heavy atom. The number of hydrogen-bond donors (Lipinski definition) is 0. The van der Waals surface area contributed by atoms with Gasteiger partial charge in [-0.3, -0.25) is 4.90 Å². The van der Waals surface area contributed by atoms with Gasteiger partial charge in [-0.25, -0.2) is 0 Å². The quantitative estimate of drug-likeness (QED) is 0.609. The highest BCUT2D eigenvalue weighted by atomic mass is 15.2. The highest BCUT2D eigenvalue weighted by molar-refractivity contribution is 4.86. The highest BCUT2D eigenvalue weighted by Crippen LogP contribution is 2.26. The summed E-state index contributed by atoms with van der Waals surface area (Å²) in [5.74, 6) is 0. The van der Waals surface area contributed by atoms with Gasteiger partial charge in [-0.2, -0.15) is 5.26 Å². The Bertz CT molecular complexity index is 201. The van der Waals surface area contributed by atoms with Gasteiger partial charge in [0.05, 0.1) is 6.07 Å². The maximum Gasteiger partial charge on any atom is 0.0635 e. The molecule has 1 aliphatic rings. The summed E-state index contributed by atoms with van der Waals surface area (Å²) in [5.41, 5.74) is 0. The van der Waals surface area contributed by atoms with Crippen LogP contribution in [0, 0.1) is 11.3 Å². The minimum absolute atomic E-state index is 0.675. The molecule has 0 aromatic rings. The lowest BCUT2D eigenvalue weighted by Gasteiger charge is -2.25. The van der Waals surface area contributed by atoms with Gasteiger partial charge in [-0.05, 0) is 25.9 Å². The average molecular weight is 209 g/mol. The van der Waals surface area contributed by atoms with Crippen LogP contribution in [0.25, 0.3) is 0 Å². The Morgan fingerprint density at radius 2 is 1.80 bits per heavy atom. The van der Waals surface area contributed by atoms with Gasteiger partial charge in [-0.15, -0.1) is 0 Å². The van der Waals surface area contributed by atoms with Crippen molar-refractivity contribution >= 4 is 0 Å². The van der Waals surface area contributed by atoms with Crippen molar-refractivity contribution < 1.29 is 0 Å². The van der Waals surface area contributed by atoms with Crippen LogP contribution in [-0.2, 0) is 0 Å². The van der Waals surface area contributed by atoms with Crippen LogP contribution >= 0.6 is 0 Å². The van der Waals surface area contributed by atoms with Gasteiger partial charge >= 0.3 is 0 Å². The Kier molecular flexibility index (Phi) is 5.67. The van der Waals surface area contributed by atoms with E-state index >= 15 is 0 Å². The van der Waals surface area contributed by atoms with Crippen LogP contribution in [0.5, 0.6) is 0 Å². The highest BCUT2D eigenvalue weighted by Gasteiger charge is 2.28. The standard InChI is InChI=1S/C12H23N3/c1-3-14(4-2)10-11-15(9-5-8-13)12-6-7-12/h12H,3-7,9-11H2,1-2H3. The largest absolute Gasteiger partial charge is 0.303 e. The van der Waals surface area contributed by atoms with E-state index in [9.17, 15) is 0 Å². The molecule has 0 aliphatic heterocycles. The zero-order valence-electron chi connectivity index (χ0n) is 10.1. The van der Waals surface area contributed by atoms with Crippen molar-refractivity contribution in [3.05, 3.63) is 0 Å². The number of rotatable bonds is 8. The molecule has 0 N–H and O–H groups in total. The summed E-state index contributed by atoms with van der Waals surface area (Å²) < 4.78 is 0. The van der Waals surface area contributed by atoms with Crippen LogP contribution in [0.1, 0.15) is 33.1 Å². The third-order valence-electron chi connectivity index (χ3n) is 3.17. The van der Waals surface area contributed by atoms with Crippen molar-refractivity contribution in [1.82, 2.24) is 9.80 Å². The molecule has 1 saturated carbocycles. The molecule has 1 rings (SSSR count). The maximum atomic E-state index is 8.60. The first kappa shape index (κ1) is 12.5. The molecule has 0 amide bonds. The van der Waals surface area contributed by atoms with Crippen LogP contribution in [0.15, 0.2) is 0 Å². The molecular formula is C12H23N3. The van der Waals surface area contributed by atoms with Crippen LogP contribution in [-0.4, -0.2) is 48.6 Å². The second-order valence-corrected chi connectivity index (χ2v) is 4.20. The van der Waals surface area contributed by atoms with E-state index in [0.29, 0.717) is 6.42 Å². The SMILES string of the molecule is CCN(CC)CCN(CCC#N)C1CC1. The van der Waals surface area contributed by atoms with Gasteiger partial charge in [0.15, 0.2) is 0 Å². The number of hydrogen-bond acceptors (Lipinski definition) is 3. The smallest absolute Gasteiger partial charge is 0.0635 e. The van der Waals surface area contributed by atoms with Crippen LogP contribution in [0.4, 0.5) is 0 Å². The minimum Gasteiger partial charge on any atom is -0.303 e. The monoisotopic (exact) mass is 209 g/mol. The second kappa shape index (κ2) is 6.81. The molecule has 1 aliphatic carbocycles. The normalized spacial score (nSPS) is 15.9. The van der Waals surface area contributed by atoms with Gasteiger partial charge in [0.2, 0.25) is 0 Å². The Balaban J connectivity index is 2.22. The molecule has 1 fully saturated rings. The zero-order valence-corrected chi connectivity index (χ0v) is 10.1. The van der Waals surface area contributed by atoms with E-state index in [-0.39, 0.29) is 0 Å². The van der Waals surface area contributed by atoms with E-state index < -0.39 is 0 Å². The van der Waals surface area contributed by atoms with E-state index in [1.54, 1.807) is 0 Å². The van der Waals surface area contributed by atoms with Crippen molar-refractivity contribution in [3.63, 3.8) is 0 Å².